The van der Waals surface area contributed by atoms with E-state index in [1.807, 2.05) is 58.3 Å². The van der Waals surface area contributed by atoms with E-state index in [4.69, 9.17) is 28.1 Å². The van der Waals surface area contributed by atoms with Crippen molar-refractivity contribution in [3.05, 3.63) is 454 Å². The van der Waals surface area contributed by atoms with Crippen LogP contribution in [0.5, 0.6) is 0 Å². The second-order valence-corrected chi connectivity index (χ2v) is 38.0. The van der Waals surface area contributed by atoms with E-state index in [1.165, 1.54) is 207 Å². The van der Waals surface area contributed by atoms with Crippen LogP contribution >= 0.6 is 34.0 Å². The maximum Gasteiger partial charge on any atom is 0.194 e. The van der Waals surface area contributed by atoms with Gasteiger partial charge in [-0.2, -0.15) is 0 Å². The highest BCUT2D eigenvalue weighted by Gasteiger charge is 2.28. The zero-order valence-corrected chi connectivity index (χ0v) is 74.9. The lowest BCUT2D eigenvalue weighted by Gasteiger charge is -2.20. The van der Waals surface area contributed by atoms with Gasteiger partial charge in [-0.05, 0) is 156 Å². The van der Waals surface area contributed by atoms with E-state index >= 15 is 0 Å². The number of fused-ring (bicyclic) bond motifs is 29. The van der Waals surface area contributed by atoms with Gasteiger partial charge in [0.25, 0.3) is 0 Å². The van der Waals surface area contributed by atoms with Crippen LogP contribution < -0.4 is 0 Å². The Kier molecular flexibility index (Phi) is 18.0. The second kappa shape index (κ2) is 31.3. The van der Waals surface area contributed by atoms with Gasteiger partial charge in [0, 0.05) is 126 Å². The Morgan fingerprint density at radius 1 is 0.178 bits per heavy atom. The minimum absolute atomic E-state index is 0.647. The first-order chi connectivity index (χ1) is 66.9. The molecule has 0 saturated carbocycles. The first-order valence-corrected chi connectivity index (χ1v) is 48.0. The lowest BCUT2D eigenvalue weighted by atomic mass is 9.84. The van der Waals surface area contributed by atoms with Crippen LogP contribution in [0.15, 0.2) is 431 Å². The lowest BCUT2D eigenvalue weighted by Crippen LogP contribution is -1.95. The van der Waals surface area contributed by atoms with Gasteiger partial charge in [-0.25, -0.2) is 24.6 Å². The molecule has 0 bridgehead atoms. The standard InChI is InChI=1S/C44H24N2S.C43H25NS.C40H22N2S/c1-45-37-25-24-33(26-12-2-3-13-27(26)37)40-29-15-4-6-17-31(29)41(32-18-7-5-16-30(32)40)43-36-23-22-34-28-14-9-11-21-39(28)47-44(34)42(36)35-19-8-10-20-38(35)46-43;1-2-14-27-26(12-1)13-11-21-29(27)39-30-16-3-5-18-32(30)40(33-19-6-4-17-31(33)39)42-36-25-24-34-28-15-8-10-23-38(28)45-43(34)41(36)35-20-7-9-22-37(35)44-42;1-41-25-20-18-24(19-21-25)36-27-11-2-4-13-29(27)37(30-14-5-3-12-28(30)36)39-33-23-22-31-26-10-7-9-17-35(26)43-40(31)38(33)32-15-6-8-16-34(32)42-39/h2-25H;1-25H;2-23H. The Morgan fingerprint density at radius 3 is 0.807 bits per heavy atom. The van der Waals surface area contributed by atoms with Gasteiger partial charge in [-0.3, -0.25) is 0 Å². The van der Waals surface area contributed by atoms with Crippen LogP contribution in [0.4, 0.5) is 11.4 Å². The molecule has 0 aliphatic carbocycles. The van der Waals surface area contributed by atoms with Gasteiger partial charge in [0.05, 0.1) is 46.8 Å². The molecule has 0 spiro atoms. The van der Waals surface area contributed by atoms with Crippen molar-refractivity contribution in [2.24, 2.45) is 0 Å². The van der Waals surface area contributed by atoms with E-state index in [0.717, 1.165) is 72.0 Å². The topological polar surface area (TPSA) is 47.4 Å². The van der Waals surface area contributed by atoms with Gasteiger partial charge in [-0.15, -0.1) is 34.0 Å². The van der Waals surface area contributed by atoms with E-state index in [-0.39, 0.29) is 0 Å². The molecular weight excluding hydrogens is 1690 g/mol. The van der Waals surface area contributed by atoms with E-state index < -0.39 is 0 Å². The quantitative estimate of drug-likeness (QED) is 0.0947. The van der Waals surface area contributed by atoms with Gasteiger partial charge in [-0.1, -0.05) is 394 Å². The van der Waals surface area contributed by atoms with Gasteiger partial charge in [0.1, 0.15) is 0 Å². The molecule has 29 aromatic rings. The van der Waals surface area contributed by atoms with Crippen molar-refractivity contribution in [1.82, 2.24) is 15.0 Å². The van der Waals surface area contributed by atoms with Crippen LogP contribution in [0.2, 0.25) is 0 Å². The molecule has 0 aliphatic rings. The summed E-state index contributed by atoms with van der Waals surface area (Å²) < 4.78 is 7.86. The van der Waals surface area contributed by atoms with Crippen molar-refractivity contribution in [2.45, 2.75) is 0 Å². The molecule has 135 heavy (non-hydrogen) atoms. The van der Waals surface area contributed by atoms with Crippen molar-refractivity contribution < 1.29 is 0 Å². The fraction of sp³-hybridized carbons (Fsp3) is 0. The highest BCUT2D eigenvalue weighted by molar-refractivity contribution is 7.27. The number of rotatable bonds is 6. The van der Waals surface area contributed by atoms with E-state index in [1.54, 1.807) is 0 Å². The minimum Gasteiger partial charge on any atom is -0.247 e. The number of hydrogen-bond donors (Lipinski definition) is 0. The lowest BCUT2D eigenvalue weighted by molar-refractivity contribution is 1.45. The average Bonchev–Trinajstić information content (AvgIpc) is 0.897. The Balaban J connectivity index is 0.000000103. The number of benzene rings is 23. The maximum absolute atomic E-state index is 7.81. The summed E-state index contributed by atoms with van der Waals surface area (Å²) in [5.41, 5.74) is 18.1. The summed E-state index contributed by atoms with van der Waals surface area (Å²) in [6, 6.07) is 154. The van der Waals surface area contributed by atoms with Gasteiger partial charge < -0.3 is 0 Å². The molecule has 6 heterocycles. The fourth-order valence-electron chi connectivity index (χ4n) is 22.0. The molecular formula is C127H71N5S3. The maximum atomic E-state index is 7.81. The molecule has 0 amide bonds. The van der Waals surface area contributed by atoms with Crippen molar-refractivity contribution in [3.63, 3.8) is 0 Å². The Labute approximate surface area is 786 Å². The largest absolute Gasteiger partial charge is 0.247 e. The molecule has 23 aromatic carbocycles. The van der Waals surface area contributed by atoms with Crippen LogP contribution in [0.25, 0.3) is 289 Å². The summed E-state index contributed by atoms with van der Waals surface area (Å²) in [4.78, 5) is 23.9. The molecule has 6 aromatic heterocycles. The summed E-state index contributed by atoms with van der Waals surface area (Å²) in [5, 5.41) is 37.6. The van der Waals surface area contributed by atoms with Gasteiger partial charge in [0.2, 0.25) is 0 Å². The predicted octanol–water partition coefficient (Wildman–Crippen LogP) is 37.6. The van der Waals surface area contributed by atoms with Crippen LogP contribution in [0.3, 0.4) is 0 Å². The average molecular weight is 1760 g/mol. The van der Waals surface area contributed by atoms with E-state index in [9.17, 15) is 0 Å². The van der Waals surface area contributed by atoms with Crippen LogP contribution in [-0.4, -0.2) is 15.0 Å². The molecule has 0 N–H and O–H groups in total. The van der Waals surface area contributed by atoms with E-state index in [2.05, 4.69) is 416 Å². The normalized spacial score (nSPS) is 11.8. The van der Waals surface area contributed by atoms with Crippen molar-refractivity contribution in [2.75, 3.05) is 0 Å². The first kappa shape index (κ1) is 77.7. The Morgan fingerprint density at radius 2 is 0.452 bits per heavy atom. The third-order valence-corrected chi connectivity index (χ3v) is 31.4. The summed E-state index contributed by atoms with van der Waals surface area (Å²) in [6.07, 6.45) is 0. The molecule has 29 rings (SSSR count). The molecule has 622 valence electrons. The highest BCUT2D eigenvalue weighted by atomic mass is 32.1. The highest BCUT2D eigenvalue weighted by Crippen LogP contribution is 2.55. The third-order valence-electron chi connectivity index (χ3n) is 27.8. The van der Waals surface area contributed by atoms with Crippen LogP contribution in [0.1, 0.15) is 0 Å². The number of nitrogens with zero attached hydrogens (tertiary/aromatic N) is 5. The number of aromatic nitrogens is 3. The van der Waals surface area contributed by atoms with Crippen molar-refractivity contribution >= 4 is 257 Å². The molecule has 0 atom stereocenters. The summed E-state index contributed by atoms with van der Waals surface area (Å²) in [7, 11) is 0. The summed E-state index contributed by atoms with van der Waals surface area (Å²) in [6.45, 7) is 15.2. The van der Waals surface area contributed by atoms with Crippen LogP contribution in [-0.2, 0) is 0 Å². The molecule has 0 fully saturated rings. The summed E-state index contributed by atoms with van der Waals surface area (Å²) in [5.74, 6) is 0. The monoisotopic (exact) mass is 1760 g/mol. The zero-order valence-electron chi connectivity index (χ0n) is 72.5. The number of para-hydroxylation sites is 3. The SMILES string of the molecule is [C-]#[N+]c1ccc(-c2c3ccccc3c(-c3nc4ccccc4c4c3ccc3c5ccccc5sc34)c3ccccc23)c2ccccc12.[C-]#[N+]c1ccc(-c2c3ccccc3c(-c3nc4ccccc4c4c3ccc3c5ccccc5sc34)c3ccccc23)cc1.c1ccc2c(-c3c4ccccc4c(-c4nc5ccccc5c5c4ccc4c6ccccc6sc45)c4ccccc34)cccc2c1. The molecule has 0 radical (unpaired) electrons. The molecule has 5 nitrogen and oxygen atoms in total. The smallest absolute Gasteiger partial charge is 0.194 e. The number of thiophene rings is 3. The van der Waals surface area contributed by atoms with Crippen molar-refractivity contribution in [1.29, 1.82) is 0 Å². The first-order valence-electron chi connectivity index (χ1n) is 45.5. The third kappa shape index (κ3) is 12.1. The summed E-state index contributed by atoms with van der Waals surface area (Å²) >= 11 is 5.63. The second-order valence-electron chi connectivity index (χ2n) is 34.8. The van der Waals surface area contributed by atoms with Crippen molar-refractivity contribution in [3.8, 4) is 67.2 Å². The minimum atomic E-state index is 0.647. The Hall–Kier alpha value is -17.2. The van der Waals surface area contributed by atoms with E-state index in [0.29, 0.717) is 11.4 Å². The molecule has 8 heteroatoms. The fourth-order valence-corrected chi connectivity index (χ4v) is 25.8. The van der Waals surface area contributed by atoms with Gasteiger partial charge in [0.15, 0.2) is 11.4 Å². The Bertz CT molecular complexity index is 10100. The molecule has 0 unspecified atom stereocenters. The predicted molar refractivity (Wildman–Crippen MR) is 582 cm³/mol. The molecule has 0 saturated heterocycles. The molecule has 0 aliphatic heterocycles. The van der Waals surface area contributed by atoms with Crippen LogP contribution in [0, 0.1) is 13.1 Å². The number of hydrogen-bond acceptors (Lipinski definition) is 6. The number of pyridine rings is 3. The zero-order chi connectivity index (χ0) is 89.0. The van der Waals surface area contributed by atoms with Gasteiger partial charge >= 0.3 is 0 Å².